The molecule has 0 aromatic carbocycles. The molecule has 0 amide bonds. The maximum Gasteiger partial charge on any atom is -0.0781 e. The normalized spacial score (nSPS) is 11.1. The summed E-state index contributed by atoms with van der Waals surface area (Å²) in [5.41, 5.74) is 3.75. The van der Waals surface area contributed by atoms with E-state index in [1.54, 1.807) is 0 Å². The van der Waals surface area contributed by atoms with Crippen LogP contribution in [0.1, 0.15) is 13.8 Å². The minimum Gasteiger partial charge on any atom is -0.410 e. The molecule has 44 valence electrons. The summed E-state index contributed by atoms with van der Waals surface area (Å²) in [5.74, 6) is 10.0. The Hall–Kier alpha value is -0.160. The lowest BCUT2D eigenvalue weighted by Gasteiger charge is -2.23. The predicted octanol–water partition coefficient (Wildman–Crippen LogP) is -1.68. The lowest BCUT2D eigenvalue weighted by atomic mass is 10.4. The second kappa shape index (κ2) is 2.92. The first-order valence-corrected chi connectivity index (χ1v) is 2.21. The highest BCUT2D eigenvalue weighted by Gasteiger charge is 1.79. The van der Waals surface area contributed by atoms with Gasteiger partial charge in [0.15, 0.2) is 0 Å². The third-order valence-corrected chi connectivity index (χ3v) is 0.407. The van der Waals surface area contributed by atoms with Crippen LogP contribution >= 0.6 is 0 Å². The summed E-state index contributed by atoms with van der Waals surface area (Å²) < 4.78 is 0. The Morgan fingerprint density at radius 2 is 1.86 bits per heavy atom. The zero-order chi connectivity index (χ0) is 5.86. The van der Waals surface area contributed by atoms with Crippen LogP contribution < -0.4 is 16.9 Å². The predicted molar refractivity (Wildman–Crippen MR) is 27.8 cm³/mol. The molecule has 0 rings (SSSR count). The lowest BCUT2D eigenvalue weighted by Crippen LogP contribution is -3.19. The Kier molecular flexibility index (Phi) is 2.86. The van der Waals surface area contributed by atoms with E-state index in [2.05, 4.69) is 5.43 Å². The second-order valence-electron chi connectivity index (χ2n) is 1.65. The number of hydrogen-bond donors (Lipinski definition) is 3. The van der Waals surface area contributed by atoms with Crippen molar-refractivity contribution in [2.24, 2.45) is 11.7 Å². The van der Waals surface area contributed by atoms with E-state index in [0.29, 0.717) is 0 Å². The van der Waals surface area contributed by atoms with Gasteiger partial charge in [-0.15, -0.1) is 0 Å². The SMILES string of the molecule is CC(C)[N-][NH+](N)N. The molecule has 0 atom stereocenters. The van der Waals surface area contributed by atoms with Crippen LogP contribution in [0.4, 0.5) is 0 Å². The van der Waals surface area contributed by atoms with Gasteiger partial charge in [-0.25, -0.2) is 0 Å². The standard InChI is InChI=1S/C3H12N4/c1-3(2)6-7(4)5/h3,7H,4-5H2,1-2H3. The van der Waals surface area contributed by atoms with E-state index in [0.717, 1.165) is 0 Å². The number of nitrogens with two attached hydrogens (primary N) is 2. The average molecular weight is 104 g/mol. The number of nitrogens with zero attached hydrogens (tertiary/aromatic N) is 1. The summed E-state index contributed by atoms with van der Waals surface area (Å²) in [6, 6.07) is 0.213. The average Bonchev–Trinajstić information content (AvgIpc) is 1.27. The minimum absolute atomic E-state index is 0.162. The molecule has 4 nitrogen and oxygen atoms in total. The van der Waals surface area contributed by atoms with Gasteiger partial charge in [0.2, 0.25) is 0 Å². The largest absolute Gasteiger partial charge is 0.410 e. The van der Waals surface area contributed by atoms with Crippen LogP contribution in [0.2, 0.25) is 0 Å². The second-order valence-corrected chi connectivity index (χ2v) is 1.65. The minimum atomic E-state index is 0.162. The van der Waals surface area contributed by atoms with Crippen molar-refractivity contribution in [1.82, 2.24) is 0 Å². The van der Waals surface area contributed by atoms with Gasteiger partial charge in [0.1, 0.15) is 0 Å². The van der Waals surface area contributed by atoms with Crippen LogP contribution in [0.3, 0.4) is 0 Å². The van der Waals surface area contributed by atoms with Crippen molar-refractivity contribution in [3.05, 3.63) is 5.43 Å². The molecule has 0 heterocycles. The Morgan fingerprint density at radius 1 is 1.43 bits per heavy atom. The van der Waals surface area contributed by atoms with Crippen LogP contribution in [0.15, 0.2) is 0 Å². The Morgan fingerprint density at radius 3 is 1.86 bits per heavy atom. The van der Waals surface area contributed by atoms with Crippen LogP contribution in [-0.4, -0.2) is 6.04 Å². The molecule has 4 heteroatoms. The number of hydrogen-bond acceptors (Lipinski definition) is 2. The first-order valence-electron chi connectivity index (χ1n) is 2.21. The molecule has 0 radical (unpaired) electrons. The number of nitrogens with one attached hydrogen (secondary N) is 1. The Balaban J connectivity index is 2.95. The van der Waals surface area contributed by atoms with E-state index in [-0.39, 0.29) is 11.3 Å². The topological polar surface area (TPSA) is 70.6 Å². The first-order chi connectivity index (χ1) is 3.13. The van der Waals surface area contributed by atoms with Gasteiger partial charge in [0.05, 0.1) is 0 Å². The van der Waals surface area contributed by atoms with Gasteiger partial charge in [-0.2, -0.15) is 11.7 Å². The molecular formula is C3H12N4. The molecule has 0 aliphatic carbocycles. The van der Waals surface area contributed by atoms with Gasteiger partial charge in [0.25, 0.3) is 0 Å². The van der Waals surface area contributed by atoms with Gasteiger partial charge in [-0.05, 0) is 0 Å². The Bertz CT molecular complexity index is 36.2. The number of rotatable bonds is 2. The van der Waals surface area contributed by atoms with E-state index in [1.807, 2.05) is 13.8 Å². The quantitative estimate of drug-likeness (QED) is 0.289. The summed E-state index contributed by atoms with van der Waals surface area (Å²) in [6.07, 6.45) is 0. The van der Waals surface area contributed by atoms with Crippen molar-refractivity contribution in [1.29, 1.82) is 0 Å². The molecular weight excluding hydrogens is 92.1 g/mol. The zero-order valence-electron chi connectivity index (χ0n) is 4.68. The first kappa shape index (κ1) is 6.84. The van der Waals surface area contributed by atoms with E-state index < -0.39 is 0 Å². The third kappa shape index (κ3) is 5.84. The van der Waals surface area contributed by atoms with Gasteiger partial charge in [0, 0.05) is 0 Å². The summed E-state index contributed by atoms with van der Waals surface area (Å²) in [6.45, 7) is 3.83. The highest BCUT2D eigenvalue weighted by molar-refractivity contribution is 4.65. The maximum absolute atomic E-state index is 5.02. The molecule has 0 saturated carbocycles. The molecule has 0 saturated heterocycles. The van der Waals surface area contributed by atoms with E-state index in [4.69, 9.17) is 11.7 Å². The zero-order valence-corrected chi connectivity index (χ0v) is 4.68. The van der Waals surface area contributed by atoms with Crippen molar-refractivity contribution in [2.75, 3.05) is 0 Å². The van der Waals surface area contributed by atoms with Gasteiger partial charge in [-0.3, -0.25) is 5.23 Å². The van der Waals surface area contributed by atoms with Crippen LogP contribution in [0.5, 0.6) is 0 Å². The molecule has 0 bridgehead atoms. The van der Waals surface area contributed by atoms with E-state index >= 15 is 0 Å². The lowest BCUT2D eigenvalue weighted by molar-refractivity contribution is -0.889. The van der Waals surface area contributed by atoms with Crippen molar-refractivity contribution in [3.63, 3.8) is 0 Å². The van der Waals surface area contributed by atoms with Crippen molar-refractivity contribution < 1.29 is 5.23 Å². The molecule has 7 heavy (non-hydrogen) atoms. The fraction of sp³-hybridized carbons (Fsp3) is 1.00. The van der Waals surface area contributed by atoms with E-state index in [9.17, 15) is 0 Å². The van der Waals surface area contributed by atoms with Crippen molar-refractivity contribution in [3.8, 4) is 0 Å². The molecule has 0 fully saturated rings. The van der Waals surface area contributed by atoms with Crippen LogP contribution in [0.25, 0.3) is 5.43 Å². The van der Waals surface area contributed by atoms with Crippen molar-refractivity contribution >= 4 is 0 Å². The summed E-state index contributed by atoms with van der Waals surface area (Å²) >= 11 is 0. The monoisotopic (exact) mass is 104 g/mol. The molecule has 0 spiro atoms. The molecule has 5 N–H and O–H groups in total. The maximum atomic E-state index is 5.02. The molecule has 0 aliphatic heterocycles. The number of quaternary nitrogens is 1. The van der Waals surface area contributed by atoms with Gasteiger partial charge < -0.3 is 5.43 Å². The smallest absolute Gasteiger partial charge is 0.0781 e. The van der Waals surface area contributed by atoms with Gasteiger partial charge >= 0.3 is 0 Å². The molecule has 0 unspecified atom stereocenters. The van der Waals surface area contributed by atoms with Crippen molar-refractivity contribution in [2.45, 2.75) is 19.9 Å². The van der Waals surface area contributed by atoms with Gasteiger partial charge in [-0.1, -0.05) is 19.9 Å². The molecule has 0 aromatic rings. The Labute approximate surface area is 43.4 Å². The summed E-state index contributed by atoms with van der Waals surface area (Å²) in [4.78, 5) is 0. The van der Waals surface area contributed by atoms with E-state index in [1.165, 1.54) is 0 Å². The highest BCUT2D eigenvalue weighted by Crippen LogP contribution is 1.82. The van der Waals surface area contributed by atoms with Crippen LogP contribution in [-0.2, 0) is 0 Å². The highest BCUT2D eigenvalue weighted by atomic mass is 15.8. The molecule has 0 aliphatic rings. The fourth-order valence-corrected chi connectivity index (χ4v) is 0.298. The third-order valence-electron chi connectivity index (χ3n) is 0.407. The summed E-state index contributed by atoms with van der Waals surface area (Å²) in [5, 5.41) is 0.162. The summed E-state index contributed by atoms with van der Waals surface area (Å²) in [7, 11) is 0. The fourth-order valence-electron chi connectivity index (χ4n) is 0.298. The molecule has 0 aromatic heterocycles. The van der Waals surface area contributed by atoms with Crippen LogP contribution in [0, 0.1) is 0 Å².